The molecule has 6 heteroatoms. The van der Waals surface area contributed by atoms with Crippen LogP contribution in [-0.2, 0) is 0 Å². The Hall–Kier alpha value is -2.94. The van der Waals surface area contributed by atoms with Crippen molar-refractivity contribution in [3.63, 3.8) is 0 Å². The fourth-order valence-electron chi connectivity index (χ4n) is 2.85. The second-order valence-corrected chi connectivity index (χ2v) is 5.58. The van der Waals surface area contributed by atoms with Gasteiger partial charge in [0.25, 0.3) is 5.91 Å². The number of rotatable bonds is 3. The molecule has 116 valence electrons. The summed E-state index contributed by atoms with van der Waals surface area (Å²) in [5.74, 6) is -0.426. The number of nitrogens with one attached hydrogen (secondary N) is 1. The van der Waals surface area contributed by atoms with Gasteiger partial charge in [-0.15, -0.1) is 0 Å². The van der Waals surface area contributed by atoms with Crippen molar-refractivity contribution in [3.05, 3.63) is 53.6 Å². The van der Waals surface area contributed by atoms with Gasteiger partial charge in [0.05, 0.1) is 5.56 Å². The Balaban J connectivity index is 1.72. The number of nitriles is 1. The smallest absolute Gasteiger partial charge is 0.270 e. The molecule has 0 saturated carbocycles. The Kier molecular flexibility index (Phi) is 4.20. The first-order valence-electron chi connectivity index (χ1n) is 7.52. The summed E-state index contributed by atoms with van der Waals surface area (Å²) >= 11 is 0. The van der Waals surface area contributed by atoms with Gasteiger partial charge in [-0.25, -0.2) is 0 Å². The number of aromatic nitrogens is 2. The van der Waals surface area contributed by atoms with E-state index < -0.39 is 0 Å². The molecule has 3 rings (SSSR count). The van der Waals surface area contributed by atoms with Gasteiger partial charge in [0.1, 0.15) is 17.5 Å². The number of amides is 1. The van der Waals surface area contributed by atoms with Crippen molar-refractivity contribution in [1.82, 2.24) is 14.9 Å². The lowest BCUT2D eigenvalue weighted by Crippen LogP contribution is -2.42. The largest absolute Gasteiger partial charge is 0.356 e. The molecule has 0 spiro atoms. The molecule has 23 heavy (non-hydrogen) atoms. The molecular weight excluding hydrogens is 292 g/mol. The molecule has 0 aliphatic carbocycles. The summed E-state index contributed by atoms with van der Waals surface area (Å²) in [7, 11) is 0. The van der Waals surface area contributed by atoms with Gasteiger partial charge in [0, 0.05) is 31.4 Å². The zero-order valence-corrected chi connectivity index (χ0v) is 12.5. The van der Waals surface area contributed by atoms with Gasteiger partial charge in [0.2, 0.25) is 0 Å². The molecule has 1 aliphatic heterocycles. The van der Waals surface area contributed by atoms with Gasteiger partial charge < -0.3 is 9.88 Å². The summed E-state index contributed by atoms with van der Waals surface area (Å²) < 4.78 is 0. The number of piperidine rings is 1. The third-order valence-electron chi connectivity index (χ3n) is 4.04. The van der Waals surface area contributed by atoms with E-state index in [-0.39, 0.29) is 17.6 Å². The highest BCUT2D eigenvalue weighted by Gasteiger charge is 2.30. The van der Waals surface area contributed by atoms with Crippen molar-refractivity contribution in [2.45, 2.75) is 12.8 Å². The Morgan fingerprint density at radius 2 is 2.26 bits per heavy atom. The Morgan fingerprint density at radius 1 is 1.39 bits per heavy atom. The van der Waals surface area contributed by atoms with Gasteiger partial charge >= 0.3 is 0 Å². The van der Waals surface area contributed by atoms with Crippen molar-refractivity contribution in [1.29, 1.82) is 5.26 Å². The predicted octanol–water partition coefficient (Wildman–Crippen LogP) is 2.02. The second-order valence-electron chi connectivity index (χ2n) is 5.58. The molecule has 1 N–H and O–H groups in total. The van der Waals surface area contributed by atoms with Crippen LogP contribution in [0.5, 0.6) is 0 Å². The highest BCUT2D eigenvalue weighted by Crippen LogP contribution is 2.21. The van der Waals surface area contributed by atoms with E-state index in [0.29, 0.717) is 30.0 Å². The van der Waals surface area contributed by atoms with Crippen LogP contribution in [0.25, 0.3) is 0 Å². The number of ketones is 1. The SMILES string of the molecule is N#Cc1c[nH]c(C(=O)N2CCC[C@H](C(=O)c3ccccn3)C2)c1. The number of aromatic amines is 1. The van der Waals surface area contributed by atoms with Crippen LogP contribution < -0.4 is 0 Å². The Labute approximate surface area is 133 Å². The Morgan fingerprint density at radius 3 is 2.96 bits per heavy atom. The first kappa shape index (κ1) is 15.0. The minimum absolute atomic E-state index is 0.0210. The summed E-state index contributed by atoms with van der Waals surface area (Å²) in [6.07, 6.45) is 4.64. The van der Waals surface area contributed by atoms with Crippen LogP contribution >= 0.6 is 0 Å². The fraction of sp³-hybridized carbons (Fsp3) is 0.294. The van der Waals surface area contributed by atoms with Crippen molar-refractivity contribution in [3.8, 4) is 6.07 Å². The van der Waals surface area contributed by atoms with Gasteiger partial charge in [0.15, 0.2) is 5.78 Å². The molecule has 2 aromatic heterocycles. The summed E-state index contributed by atoms with van der Waals surface area (Å²) in [6.45, 7) is 1.00. The number of likely N-dealkylation sites (tertiary alicyclic amines) is 1. The quantitative estimate of drug-likeness (QED) is 0.878. The number of Topliss-reactive ketones (excluding diaryl/α,β-unsaturated/α-hetero) is 1. The predicted molar refractivity (Wildman–Crippen MR) is 82.7 cm³/mol. The highest BCUT2D eigenvalue weighted by molar-refractivity contribution is 5.97. The van der Waals surface area contributed by atoms with E-state index in [9.17, 15) is 9.59 Å². The maximum Gasteiger partial charge on any atom is 0.270 e. The van der Waals surface area contributed by atoms with Crippen molar-refractivity contribution in [2.24, 2.45) is 5.92 Å². The van der Waals surface area contributed by atoms with Gasteiger partial charge in [-0.1, -0.05) is 6.07 Å². The summed E-state index contributed by atoms with van der Waals surface area (Å²) in [5.41, 5.74) is 1.25. The maximum absolute atomic E-state index is 12.5. The van der Waals surface area contributed by atoms with E-state index >= 15 is 0 Å². The lowest BCUT2D eigenvalue weighted by Gasteiger charge is -2.31. The third kappa shape index (κ3) is 3.14. The normalized spacial score (nSPS) is 17.5. The number of H-pyrrole nitrogens is 1. The lowest BCUT2D eigenvalue weighted by atomic mass is 9.91. The standard InChI is InChI=1S/C17H16N4O2/c18-9-12-8-15(20-10-12)17(23)21-7-3-4-13(11-21)16(22)14-5-1-2-6-19-14/h1-2,5-6,8,10,13,20H,3-4,7,11H2/t13-/m0/s1. The monoisotopic (exact) mass is 308 g/mol. The van der Waals surface area contributed by atoms with E-state index in [1.54, 1.807) is 29.3 Å². The third-order valence-corrected chi connectivity index (χ3v) is 4.04. The molecule has 1 saturated heterocycles. The topological polar surface area (TPSA) is 89.9 Å². The number of nitrogens with zero attached hydrogens (tertiary/aromatic N) is 3. The molecule has 1 atom stereocenters. The van der Waals surface area contributed by atoms with Crippen LogP contribution in [0.1, 0.15) is 39.4 Å². The average molecular weight is 308 g/mol. The highest BCUT2D eigenvalue weighted by atomic mass is 16.2. The molecule has 1 aliphatic rings. The van der Waals surface area contributed by atoms with Crippen molar-refractivity contribution < 1.29 is 9.59 Å². The number of pyridine rings is 1. The van der Waals surface area contributed by atoms with E-state index in [2.05, 4.69) is 9.97 Å². The van der Waals surface area contributed by atoms with Crippen LogP contribution in [0.2, 0.25) is 0 Å². The molecule has 0 radical (unpaired) electrons. The van der Waals surface area contributed by atoms with Crippen LogP contribution in [0, 0.1) is 17.2 Å². The van der Waals surface area contributed by atoms with Crippen molar-refractivity contribution in [2.75, 3.05) is 13.1 Å². The lowest BCUT2D eigenvalue weighted by molar-refractivity contribution is 0.0631. The van der Waals surface area contributed by atoms with Gasteiger partial charge in [-0.2, -0.15) is 5.26 Å². The second kappa shape index (κ2) is 6.44. The first-order chi connectivity index (χ1) is 11.2. The number of carbonyl (C=O) groups is 2. The van der Waals surface area contributed by atoms with Crippen LogP contribution in [0.3, 0.4) is 0 Å². The number of hydrogen-bond donors (Lipinski definition) is 1. The average Bonchev–Trinajstić information content (AvgIpc) is 3.10. The molecule has 6 nitrogen and oxygen atoms in total. The first-order valence-corrected chi connectivity index (χ1v) is 7.52. The Bertz CT molecular complexity index is 760. The van der Waals surface area contributed by atoms with Crippen LogP contribution in [0.4, 0.5) is 0 Å². The maximum atomic E-state index is 12.5. The minimum Gasteiger partial charge on any atom is -0.356 e. The van der Waals surface area contributed by atoms with E-state index in [4.69, 9.17) is 5.26 Å². The summed E-state index contributed by atoms with van der Waals surface area (Å²) in [4.78, 5) is 33.6. The fourth-order valence-corrected chi connectivity index (χ4v) is 2.85. The van der Waals surface area contributed by atoms with Gasteiger partial charge in [-0.05, 0) is 31.0 Å². The molecule has 0 unspecified atom stereocenters. The van der Waals surface area contributed by atoms with E-state index in [1.165, 1.54) is 12.3 Å². The minimum atomic E-state index is -0.229. The van der Waals surface area contributed by atoms with Crippen LogP contribution in [-0.4, -0.2) is 39.6 Å². The van der Waals surface area contributed by atoms with Gasteiger partial charge in [-0.3, -0.25) is 14.6 Å². The number of hydrogen-bond acceptors (Lipinski definition) is 4. The molecule has 1 amide bonds. The zero-order valence-electron chi connectivity index (χ0n) is 12.5. The zero-order chi connectivity index (χ0) is 16.2. The summed E-state index contributed by atoms with van der Waals surface area (Å²) in [5, 5.41) is 8.84. The van der Waals surface area contributed by atoms with E-state index in [1.807, 2.05) is 6.07 Å². The number of carbonyl (C=O) groups excluding carboxylic acids is 2. The van der Waals surface area contributed by atoms with Crippen molar-refractivity contribution >= 4 is 11.7 Å². The molecular formula is C17H16N4O2. The molecule has 1 fully saturated rings. The molecule has 0 bridgehead atoms. The van der Waals surface area contributed by atoms with Crippen LogP contribution in [0.15, 0.2) is 36.7 Å². The summed E-state index contributed by atoms with van der Waals surface area (Å²) in [6, 6.07) is 8.78. The van der Waals surface area contributed by atoms with E-state index in [0.717, 1.165) is 12.8 Å². The molecule has 0 aromatic carbocycles. The molecule has 2 aromatic rings. The molecule has 3 heterocycles.